The molecule has 6 nitrogen and oxygen atoms in total. The average Bonchev–Trinajstić information content (AvgIpc) is 2.66. The van der Waals surface area contributed by atoms with E-state index in [0.29, 0.717) is 40.2 Å². The van der Waals surface area contributed by atoms with Crippen LogP contribution in [0.25, 0.3) is 0 Å². The summed E-state index contributed by atoms with van der Waals surface area (Å²) in [6.07, 6.45) is 0. The van der Waals surface area contributed by atoms with Crippen LogP contribution in [0.15, 0.2) is 36.4 Å². The maximum Gasteiger partial charge on any atom is 0.251 e. The standard InChI is InChI=1S/C19H22ClNO5/c1-12(11-26-15-7-5-14(20)6-8-15)21-19(22)13-9-16(23-2)18(25-4)17(10-13)24-3/h5-10,12H,11H2,1-4H3,(H,21,22)/t12-/m0/s1. The topological polar surface area (TPSA) is 66.0 Å². The summed E-state index contributed by atoms with van der Waals surface area (Å²) in [5, 5.41) is 3.52. The van der Waals surface area contributed by atoms with Gasteiger partial charge in [-0.25, -0.2) is 0 Å². The van der Waals surface area contributed by atoms with Crippen molar-refractivity contribution in [3.05, 3.63) is 47.0 Å². The van der Waals surface area contributed by atoms with Gasteiger partial charge in [0, 0.05) is 10.6 Å². The molecular weight excluding hydrogens is 358 g/mol. The van der Waals surface area contributed by atoms with Crippen LogP contribution in [-0.4, -0.2) is 39.9 Å². The number of halogens is 1. The number of carbonyl (C=O) groups is 1. The molecule has 2 rings (SSSR count). The third-order valence-corrected chi connectivity index (χ3v) is 3.87. The molecule has 0 aromatic heterocycles. The number of ether oxygens (including phenoxy) is 4. The van der Waals surface area contributed by atoms with Gasteiger partial charge in [0.1, 0.15) is 12.4 Å². The van der Waals surface area contributed by atoms with E-state index in [1.807, 2.05) is 6.92 Å². The normalized spacial score (nSPS) is 11.4. The van der Waals surface area contributed by atoms with Crippen molar-refractivity contribution < 1.29 is 23.7 Å². The minimum Gasteiger partial charge on any atom is -0.493 e. The first kappa shape index (κ1) is 19.7. The molecule has 1 N–H and O–H groups in total. The summed E-state index contributed by atoms with van der Waals surface area (Å²) in [5.41, 5.74) is 0.401. The van der Waals surface area contributed by atoms with Crippen LogP contribution in [0.4, 0.5) is 0 Å². The first-order valence-electron chi connectivity index (χ1n) is 7.97. The summed E-state index contributed by atoms with van der Waals surface area (Å²) in [5.74, 6) is 1.69. The first-order valence-corrected chi connectivity index (χ1v) is 8.35. The van der Waals surface area contributed by atoms with Crippen LogP contribution in [0.2, 0.25) is 5.02 Å². The van der Waals surface area contributed by atoms with Crippen LogP contribution in [0.1, 0.15) is 17.3 Å². The zero-order chi connectivity index (χ0) is 19.1. The van der Waals surface area contributed by atoms with Gasteiger partial charge in [0.2, 0.25) is 5.75 Å². The van der Waals surface area contributed by atoms with Crippen LogP contribution >= 0.6 is 11.6 Å². The van der Waals surface area contributed by atoms with Crippen molar-refractivity contribution in [2.75, 3.05) is 27.9 Å². The highest BCUT2D eigenvalue weighted by Crippen LogP contribution is 2.38. The van der Waals surface area contributed by atoms with Crippen molar-refractivity contribution in [3.63, 3.8) is 0 Å². The van der Waals surface area contributed by atoms with Crippen molar-refractivity contribution >= 4 is 17.5 Å². The van der Waals surface area contributed by atoms with E-state index in [4.69, 9.17) is 30.5 Å². The van der Waals surface area contributed by atoms with Gasteiger partial charge in [-0.15, -0.1) is 0 Å². The lowest BCUT2D eigenvalue weighted by Crippen LogP contribution is -2.36. The third kappa shape index (κ3) is 4.95. The van der Waals surface area contributed by atoms with Gasteiger partial charge in [-0.2, -0.15) is 0 Å². The number of methoxy groups -OCH3 is 3. The van der Waals surface area contributed by atoms with Gasteiger partial charge in [0.25, 0.3) is 5.91 Å². The lowest BCUT2D eigenvalue weighted by Gasteiger charge is -2.17. The molecule has 2 aromatic rings. The number of rotatable bonds is 8. The van der Waals surface area contributed by atoms with E-state index in [0.717, 1.165) is 0 Å². The summed E-state index contributed by atoms with van der Waals surface area (Å²) >= 11 is 5.84. The maximum absolute atomic E-state index is 12.5. The Morgan fingerprint density at radius 3 is 2.12 bits per heavy atom. The summed E-state index contributed by atoms with van der Waals surface area (Å²) in [6, 6.07) is 10.0. The monoisotopic (exact) mass is 379 g/mol. The van der Waals surface area contributed by atoms with Gasteiger partial charge in [-0.3, -0.25) is 4.79 Å². The fraction of sp³-hybridized carbons (Fsp3) is 0.316. The molecule has 26 heavy (non-hydrogen) atoms. The zero-order valence-electron chi connectivity index (χ0n) is 15.2. The largest absolute Gasteiger partial charge is 0.493 e. The summed E-state index contributed by atoms with van der Waals surface area (Å²) in [6.45, 7) is 2.17. The molecule has 1 amide bonds. The second kappa shape index (κ2) is 9.20. The molecule has 0 heterocycles. The molecule has 0 bridgehead atoms. The smallest absolute Gasteiger partial charge is 0.251 e. The van der Waals surface area contributed by atoms with Gasteiger partial charge in [-0.1, -0.05) is 11.6 Å². The average molecular weight is 380 g/mol. The zero-order valence-corrected chi connectivity index (χ0v) is 15.9. The lowest BCUT2D eigenvalue weighted by molar-refractivity contribution is 0.0926. The Kier molecular flexibility index (Phi) is 6.97. The van der Waals surface area contributed by atoms with Crippen LogP contribution in [0, 0.1) is 0 Å². The Morgan fingerprint density at radius 2 is 1.62 bits per heavy atom. The Hall–Kier alpha value is -2.60. The molecule has 7 heteroatoms. The van der Waals surface area contributed by atoms with E-state index in [2.05, 4.69) is 5.32 Å². The first-order chi connectivity index (χ1) is 12.5. The molecule has 0 saturated carbocycles. The number of amides is 1. The quantitative estimate of drug-likeness (QED) is 0.759. The lowest BCUT2D eigenvalue weighted by atomic mass is 10.1. The Bertz CT molecular complexity index is 723. The van der Waals surface area contributed by atoms with Crippen LogP contribution < -0.4 is 24.3 Å². The third-order valence-electron chi connectivity index (χ3n) is 3.62. The summed E-state index contributed by atoms with van der Waals surface area (Å²) in [4.78, 5) is 12.5. The second-order valence-electron chi connectivity index (χ2n) is 5.55. The van der Waals surface area contributed by atoms with Crippen molar-refractivity contribution in [1.82, 2.24) is 5.32 Å². The second-order valence-corrected chi connectivity index (χ2v) is 5.99. The number of carbonyl (C=O) groups excluding carboxylic acids is 1. The fourth-order valence-electron chi connectivity index (χ4n) is 2.31. The van der Waals surface area contributed by atoms with Gasteiger partial charge in [-0.05, 0) is 43.3 Å². The summed E-state index contributed by atoms with van der Waals surface area (Å²) in [7, 11) is 4.51. The number of hydrogen-bond acceptors (Lipinski definition) is 5. The molecular formula is C19H22ClNO5. The van der Waals surface area contributed by atoms with Crippen molar-refractivity contribution in [1.29, 1.82) is 0 Å². The van der Waals surface area contributed by atoms with Gasteiger partial charge in [0.15, 0.2) is 11.5 Å². The Balaban J connectivity index is 2.03. The number of benzene rings is 2. The molecule has 0 saturated heterocycles. The predicted octanol–water partition coefficient (Wildman–Crippen LogP) is 3.56. The van der Waals surface area contributed by atoms with E-state index < -0.39 is 0 Å². The Labute approximate surface area is 158 Å². The van der Waals surface area contributed by atoms with Crippen molar-refractivity contribution in [2.24, 2.45) is 0 Å². The van der Waals surface area contributed by atoms with Gasteiger partial charge in [0.05, 0.1) is 27.4 Å². The van der Waals surface area contributed by atoms with Gasteiger partial charge < -0.3 is 24.3 Å². The fourth-order valence-corrected chi connectivity index (χ4v) is 2.44. The van der Waals surface area contributed by atoms with E-state index >= 15 is 0 Å². The molecule has 1 atom stereocenters. The molecule has 0 radical (unpaired) electrons. The highest BCUT2D eigenvalue weighted by Gasteiger charge is 2.18. The number of hydrogen-bond donors (Lipinski definition) is 1. The predicted molar refractivity (Wildman–Crippen MR) is 100.0 cm³/mol. The van der Waals surface area contributed by atoms with E-state index in [9.17, 15) is 4.79 Å². The van der Waals surface area contributed by atoms with Crippen LogP contribution in [-0.2, 0) is 0 Å². The Morgan fingerprint density at radius 1 is 1.04 bits per heavy atom. The molecule has 0 aliphatic rings. The summed E-state index contributed by atoms with van der Waals surface area (Å²) < 4.78 is 21.4. The minimum absolute atomic E-state index is 0.211. The van der Waals surface area contributed by atoms with Crippen molar-refractivity contribution in [3.8, 4) is 23.0 Å². The molecule has 2 aromatic carbocycles. The van der Waals surface area contributed by atoms with Crippen LogP contribution in [0.3, 0.4) is 0 Å². The SMILES string of the molecule is COc1cc(C(=O)N[C@@H](C)COc2ccc(Cl)cc2)cc(OC)c1OC. The van der Waals surface area contributed by atoms with Gasteiger partial charge >= 0.3 is 0 Å². The highest BCUT2D eigenvalue weighted by molar-refractivity contribution is 6.30. The molecule has 0 fully saturated rings. The molecule has 0 aliphatic heterocycles. The molecule has 0 aliphatic carbocycles. The van der Waals surface area contributed by atoms with E-state index in [1.165, 1.54) is 21.3 Å². The number of nitrogens with one attached hydrogen (secondary N) is 1. The highest BCUT2D eigenvalue weighted by atomic mass is 35.5. The molecule has 0 unspecified atom stereocenters. The minimum atomic E-state index is -0.267. The van der Waals surface area contributed by atoms with E-state index in [1.54, 1.807) is 36.4 Å². The molecule has 0 spiro atoms. The van der Waals surface area contributed by atoms with Crippen molar-refractivity contribution in [2.45, 2.75) is 13.0 Å². The maximum atomic E-state index is 12.5. The molecule has 140 valence electrons. The van der Waals surface area contributed by atoms with E-state index in [-0.39, 0.29) is 11.9 Å². The van der Waals surface area contributed by atoms with Crippen LogP contribution in [0.5, 0.6) is 23.0 Å².